The van der Waals surface area contributed by atoms with Gasteiger partial charge in [-0.05, 0) is 31.2 Å². The highest BCUT2D eigenvalue weighted by Gasteiger charge is 2.10. The summed E-state index contributed by atoms with van der Waals surface area (Å²) in [7, 11) is 0. The zero-order valence-corrected chi connectivity index (χ0v) is 12.3. The van der Waals surface area contributed by atoms with Crippen molar-refractivity contribution in [1.29, 1.82) is 0 Å². The molecule has 0 spiro atoms. The maximum atomic E-state index is 12.0. The Morgan fingerprint density at radius 3 is 2.52 bits per heavy atom. The van der Waals surface area contributed by atoms with Crippen LogP contribution in [0.4, 0.5) is 5.69 Å². The molecule has 21 heavy (non-hydrogen) atoms. The van der Waals surface area contributed by atoms with Crippen LogP contribution in [-0.4, -0.2) is 21.1 Å². The molecule has 0 atom stereocenters. The molecule has 7 heteroatoms. The molecule has 0 aliphatic heterocycles. The van der Waals surface area contributed by atoms with Crippen LogP contribution in [0.5, 0.6) is 0 Å². The van der Waals surface area contributed by atoms with Gasteiger partial charge in [0.25, 0.3) is 5.91 Å². The van der Waals surface area contributed by atoms with E-state index >= 15 is 0 Å². The number of carbonyl (C=O) groups is 1. The second-order valence-electron chi connectivity index (χ2n) is 4.41. The molecule has 0 aliphatic rings. The van der Waals surface area contributed by atoms with Crippen molar-refractivity contribution in [1.82, 2.24) is 15.2 Å². The van der Waals surface area contributed by atoms with Crippen LogP contribution in [0.1, 0.15) is 21.4 Å². The van der Waals surface area contributed by atoms with Gasteiger partial charge in [0.15, 0.2) is 0 Å². The zero-order chi connectivity index (χ0) is 14.8. The zero-order valence-electron chi connectivity index (χ0n) is 11.5. The Kier molecular flexibility index (Phi) is 3.49. The van der Waals surface area contributed by atoms with Crippen LogP contribution >= 0.6 is 11.3 Å². The molecule has 0 saturated heterocycles. The number of benzene rings is 1. The van der Waals surface area contributed by atoms with Crippen LogP contribution in [0.2, 0.25) is 0 Å². The summed E-state index contributed by atoms with van der Waals surface area (Å²) in [5.74, 6) is 0.752. The Labute approximate surface area is 124 Å². The second kappa shape index (κ2) is 5.45. The minimum Gasteiger partial charge on any atom is -0.421 e. The fourth-order valence-electron chi connectivity index (χ4n) is 1.77. The van der Waals surface area contributed by atoms with Gasteiger partial charge in [0.2, 0.25) is 11.8 Å². The van der Waals surface area contributed by atoms with Gasteiger partial charge in [-0.25, -0.2) is 4.98 Å². The molecule has 0 radical (unpaired) electrons. The first-order valence-corrected chi connectivity index (χ1v) is 7.14. The van der Waals surface area contributed by atoms with Crippen molar-refractivity contribution in [3.05, 3.63) is 46.2 Å². The van der Waals surface area contributed by atoms with E-state index in [4.69, 9.17) is 4.42 Å². The smallest absolute Gasteiger partial charge is 0.275 e. The third-order valence-corrected chi connectivity index (χ3v) is 3.54. The lowest BCUT2D eigenvalue weighted by molar-refractivity contribution is 0.102. The fourth-order valence-corrected chi connectivity index (χ4v) is 2.37. The second-order valence-corrected chi connectivity index (χ2v) is 5.47. The summed E-state index contributed by atoms with van der Waals surface area (Å²) in [6.45, 7) is 3.60. The number of nitrogens with zero attached hydrogens (tertiary/aromatic N) is 3. The minimum atomic E-state index is -0.222. The molecule has 2 heterocycles. The van der Waals surface area contributed by atoms with E-state index in [9.17, 15) is 4.79 Å². The number of amides is 1. The molecule has 0 unspecified atom stereocenters. The lowest BCUT2D eigenvalue weighted by atomic mass is 10.2. The Morgan fingerprint density at radius 2 is 1.95 bits per heavy atom. The first-order valence-electron chi connectivity index (χ1n) is 6.26. The van der Waals surface area contributed by atoms with Gasteiger partial charge in [-0.15, -0.1) is 21.5 Å². The molecule has 1 aromatic carbocycles. The summed E-state index contributed by atoms with van der Waals surface area (Å²) in [5.41, 5.74) is 1.91. The SMILES string of the molecule is Cc1nnc(-c2ccc(NC(=O)c3csc(C)n3)cc2)o1. The van der Waals surface area contributed by atoms with Gasteiger partial charge in [-0.2, -0.15) is 0 Å². The number of hydrogen-bond donors (Lipinski definition) is 1. The maximum Gasteiger partial charge on any atom is 0.275 e. The van der Waals surface area contributed by atoms with Crippen LogP contribution in [0.25, 0.3) is 11.5 Å². The van der Waals surface area contributed by atoms with E-state index in [1.807, 2.05) is 19.1 Å². The van der Waals surface area contributed by atoms with E-state index in [0.29, 0.717) is 23.2 Å². The molecular weight excluding hydrogens is 288 g/mol. The fraction of sp³-hybridized carbons (Fsp3) is 0.143. The molecule has 106 valence electrons. The molecule has 0 aliphatic carbocycles. The Bertz CT molecular complexity index is 776. The highest BCUT2D eigenvalue weighted by molar-refractivity contribution is 7.09. The van der Waals surface area contributed by atoms with Crippen LogP contribution in [-0.2, 0) is 0 Å². The number of rotatable bonds is 3. The largest absolute Gasteiger partial charge is 0.421 e. The van der Waals surface area contributed by atoms with Gasteiger partial charge in [-0.3, -0.25) is 4.79 Å². The number of aromatic nitrogens is 3. The number of carbonyl (C=O) groups excluding carboxylic acids is 1. The Morgan fingerprint density at radius 1 is 1.19 bits per heavy atom. The number of nitrogens with one attached hydrogen (secondary N) is 1. The van der Waals surface area contributed by atoms with Crippen LogP contribution in [0, 0.1) is 13.8 Å². The average molecular weight is 300 g/mol. The Hall–Kier alpha value is -2.54. The average Bonchev–Trinajstić information content (AvgIpc) is 3.08. The number of hydrogen-bond acceptors (Lipinski definition) is 6. The van der Waals surface area contributed by atoms with Crippen molar-refractivity contribution >= 4 is 22.9 Å². The molecule has 3 aromatic rings. The summed E-state index contributed by atoms with van der Waals surface area (Å²) in [4.78, 5) is 16.1. The predicted molar refractivity (Wildman–Crippen MR) is 79.3 cm³/mol. The molecule has 0 fully saturated rings. The van der Waals surface area contributed by atoms with Crippen LogP contribution in [0.3, 0.4) is 0 Å². The highest BCUT2D eigenvalue weighted by Crippen LogP contribution is 2.20. The minimum absolute atomic E-state index is 0.222. The third kappa shape index (κ3) is 2.97. The summed E-state index contributed by atoms with van der Waals surface area (Å²) >= 11 is 1.45. The van der Waals surface area contributed by atoms with Crippen molar-refractivity contribution in [3.63, 3.8) is 0 Å². The van der Waals surface area contributed by atoms with E-state index < -0.39 is 0 Å². The first kappa shape index (κ1) is 13.4. The van der Waals surface area contributed by atoms with E-state index in [1.54, 1.807) is 24.4 Å². The van der Waals surface area contributed by atoms with Gasteiger partial charge in [0, 0.05) is 23.6 Å². The topological polar surface area (TPSA) is 80.9 Å². The van der Waals surface area contributed by atoms with Gasteiger partial charge in [0.1, 0.15) is 5.69 Å². The van der Waals surface area contributed by atoms with Crippen LogP contribution in [0.15, 0.2) is 34.1 Å². The molecule has 1 amide bonds. The lowest BCUT2D eigenvalue weighted by Gasteiger charge is -2.03. The van der Waals surface area contributed by atoms with Gasteiger partial charge in [-0.1, -0.05) is 0 Å². The van der Waals surface area contributed by atoms with Crippen molar-refractivity contribution in [2.75, 3.05) is 5.32 Å². The van der Waals surface area contributed by atoms with Gasteiger partial charge < -0.3 is 9.73 Å². The van der Waals surface area contributed by atoms with Gasteiger partial charge in [0.05, 0.1) is 5.01 Å². The quantitative estimate of drug-likeness (QED) is 0.804. The summed E-state index contributed by atoms with van der Waals surface area (Å²) < 4.78 is 5.34. The van der Waals surface area contributed by atoms with Crippen molar-refractivity contribution in [3.8, 4) is 11.5 Å². The molecule has 3 rings (SSSR count). The van der Waals surface area contributed by atoms with E-state index in [2.05, 4.69) is 20.5 Å². The summed E-state index contributed by atoms with van der Waals surface area (Å²) in [6, 6.07) is 7.20. The monoisotopic (exact) mass is 300 g/mol. The summed E-state index contributed by atoms with van der Waals surface area (Å²) in [5, 5.41) is 13.1. The molecular formula is C14H12N4O2S. The van der Waals surface area contributed by atoms with Crippen molar-refractivity contribution in [2.24, 2.45) is 0 Å². The normalized spacial score (nSPS) is 10.6. The number of thiazole rings is 1. The van der Waals surface area contributed by atoms with E-state index in [-0.39, 0.29) is 5.91 Å². The molecule has 2 aromatic heterocycles. The number of aryl methyl sites for hydroxylation is 2. The lowest BCUT2D eigenvalue weighted by Crippen LogP contribution is -2.12. The molecule has 0 bridgehead atoms. The van der Waals surface area contributed by atoms with Crippen molar-refractivity contribution < 1.29 is 9.21 Å². The molecule has 6 nitrogen and oxygen atoms in total. The van der Waals surface area contributed by atoms with E-state index in [1.165, 1.54) is 11.3 Å². The first-order chi connectivity index (χ1) is 10.1. The van der Waals surface area contributed by atoms with Crippen LogP contribution < -0.4 is 5.32 Å². The maximum absolute atomic E-state index is 12.0. The summed E-state index contributed by atoms with van der Waals surface area (Å²) in [6.07, 6.45) is 0. The third-order valence-electron chi connectivity index (χ3n) is 2.77. The number of anilines is 1. The highest BCUT2D eigenvalue weighted by atomic mass is 32.1. The van der Waals surface area contributed by atoms with Crippen molar-refractivity contribution in [2.45, 2.75) is 13.8 Å². The Balaban J connectivity index is 1.74. The predicted octanol–water partition coefficient (Wildman–Crippen LogP) is 3.06. The molecule has 1 N–H and O–H groups in total. The van der Waals surface area contributed by atoms with E-state index in [0.717, 1.165) is 10.6 Å². The van der Waals surface area contributed by atoms with Gasteiger partial charge >= 0.3 is 0 Å². The molecule has 0 saturated carbocycles. The standard InChI is InChI=1S/C14H12N4O2S/c1-8-17-18-14(20-8)10-3-5-11(6-4-10)16-13(19)12-7-21-9(2)15-12/h3-7H,1-2H3,(H,16,19).